The van der Waals surface area contributed by atoms with E-state index in [1.54, 1.807) is 11.3 Å². The van der Waals surface area contributed by atoms with E-state index in [4.69, 9.17) is 12.2 Å². The first kappa shape index (κ1) is 18.6. The molecule has 4 aromatic rings. The first-order valence-electron chi connectivity index (χ1n) is 9.08. The number of hydrogen-bond acceptors (Lipinski definition) is 5. The third-order valence-corrected chi connectivity index (χ3v) is 5.67. The highest BCUT2D eigenvalue weighted by atomic mass is 32.1. The fourth-order valence-electron chi connectivity index (χ4n) is 3.09. The van der Waals surface area contributed by atoms with Gasteiger partial charge in [-0.25, -0.2) is 4.98 Å². The maximum Gasteiger partial charge on any atom is 0.221 e. The number of aromatic nitrogens is 5. The zero-order valence-corrected chi connectivity index (χ0v) is 16.8. The van der Waals surface area contributed by atoms with Crippen LogP contribution in [0.5, 0.6) is 0 Å². The summed E-state index contributed by atoms with van der Waals surface area (Å²) in [6.45, 7) is 1.94. The van der Waals surface area contributed by atoms with Crippen LogP contribution in [0.2, 0.25) is 0 Å². The number of benzene rings is 1. The number of H-pyrrole nitrogens is 1. The number of hydrogen-bond donors (Lipinski definition) is 2. The van der Waals surface area contributed by atoms with Crippen molar-refractivity contribution >= 4 is 40.5 Å². The Bertz CT molecular complexity index is 1120. The third kappa shape index (κ3) is 4.05. The first-order chi connectivity index (χ1) is 13.7. The van der Waals surface area contributed by atoms with Crippen LogP contribution in [0.4, 0.5) is 0 Å². The monoisotopic (exact) mass is 412 g/mol. The number of aromatic amines is 1. The molecule has 3 heterocycles. The second kappa shape index (κ2) is 8.49. The molecule has 144 valence electrons. The molecule has 1 aromatic carbocycles. The van der Waals surface area contributed by atoms with Gasteiger partial charge in [-0.15, -0.1) is 11.3 Å². The van der Waals surface area contributed by atoms with Crippen LogP contribution in [0.15, 0.2) is 48.1 Å². The molecular weight excluding hydrogens is 392 g/mol. The average molecular weight is 413 g/mol. The minimum absolute atomic E-state index is 0.00992. The molecule has 0 saturated heterocycles. The van der Waals surface area contributed by atoms with Crippen LogP contribution in [-0.2, 0) is 17.9 Å². The van der Waals surface area contributed by atoms with Crippen LogP contribution < -0.4 is 5.32 Å². The van der Waals surface area contributed by atoms with Gasteiger partial charge in [-0.05, 0) is 42.2 Å². The van der Waals surface area contributed by atoms with Crippen LogP contribution in [0.3, 0.4) is 0 Å². The van der Waals surface area contributed by atoms with E-state index in [1.807, 2.05) is 46.6 Å². The van der Waals surface area contributed by atoms with Crippen molar-refractivity contribution < 1.29 is 4.79 Å². The topological polar surface area (TPSA) is 80.5 Å². The molecule has 0 bridgehead atoms. The number of fused-ring (bicyclic) bond motifs is 1. The summed E-state index contributed by atoms with van der Waals surface area (Å²) in [5, 5.41) is 12.1. The van der Waals surface area contributed by atoms with Gasteiger partial charge >= 0.3 is 0 Å². The number of nitrogens with one attached hydrogen (secondary N) is 2. The van der Waals surface area contributed by atoms with Crippen molar-refractivity contribution in [3.05, 3.63) is 52.9 Å². The minimum atomic E-state index is 0.00992. The Balaban J connectivity index is 1.26. The van der Waals surface area contributed by atoms with Gasteiger partial charge in [0.1, 0.15) is 0 Å². The van der Waals surface area contributed by atoms with Gasteiger partial charge in [0, 0.05) is 26.1 Å². The van der Waals surface area contributed by atoms with E-state index in [0.29, 0.717) is 24.3 Å². The van der Waals surface area contributed by atoms with E-state index in [9.17, 15) is 4.79 Å². The van der Waals surface area contributed by atoms with Gasteiger partial charge < -0.3 is 9.88 Å². The SMILES string of the molecule is O=C(CCn1c(-c2cccs2)n[nH]c1=S)NCCCn1cnc2ccccc21. The lowest BCUT2D eigenvalue weighted by molar-refractivity contribution is -0.121. The summed E-state index contributed by atoms with van der Waals surface area (Å²) < 4.78 is 4.51. The smallest absolute Gasteiger partial charge is 0.221 e. The number of nitrogens with zero attached hydrogens (tertiary/aromatic N) is 4. The molecule has 1 amide bonds. The molecule has 0 aliphatic carbocycles. The Hall–Kier alpha value is -2.78. The number of amides is 1. The predicted octanol–water partition coefficient (Wildman–Crippen LogP) is 3.62. The molecule has 28 heavy (non-hydrogen) atoms. The van der Waals surface area contributed by atoms with Gasteiger partial charge in [-0.3, -0.25) is 14.5 Å². The Labute approximate surface area is 171 Å². The quantitative estimate of drug-likeness (QED) is 0.342. The van der Waals surface area contributed by atoms with Crippen LogP contribution >= 0.6 is 23.6 Å². The number of rotatable bonds is 8. The zero-order valence-electron chi connectivity index (χ0n) is 15.2. The van der Waals surface area contributed by atoms with Crippen molar-refractivity contribution in [2.45, 2.75) is 25.9 Å². The van der Waals surface area contributed by atoms with Gasteiger partial charge in [0.2, 0.25) is 5.91 Å². The highest BCUT2D eigenvalue weighted by Crippen LogP contribution is 2.22. The van der Waals surface area contributed by atoms with E-state index in [2.05, 4.69) is 31.1 Å². The number of para-hydroxylation sites is 2. The number of carbonyl (C=O) groups is 1. The highest BCUT2D eigenvalue weighted by molar-refractivity contribution is 7.71. The molecule has 0 aliphatic heterocycles. The van der Waals surface area contributed by atoms with E-state index in [0.717, 1.165) is 34.7 Å². The van der Waals surface area contributed by atoms with Gasteiger partial charge in [-0.2, -0.15) is 5.10 Å². The lowest BCUT2D eigenvalue weighted by Gasteiger charge is -2.08. The van der Waals surface area contributed by atoms with Gasteiger partial charge in [0.05, 0.1) is 22.2 Å². The summed E-state index contributed by atoms with van der Waals surface area (Å²) in [5.41, 5.74) is 2.11. The van der Waals surface area contributed by atoms with Gasteiger partial charge in [-0.1, -0.05) is 18.2 Å². The largest absolute Gasteiger partial charge is 0.356 e. The molecule has 9 heteroatoms. The molecule has 0 radical (unpaired) electrons. The van der Waals surface area contributed by atoms with Crippen molar-refractivity contribution in [1.29, 1.82) is 0 Å². The van der Waals surface area contributed by atoms with Crippen LogP contribution in [0, 0.1) is 4.77 Å². The molecule has 0 saturated carbocycles. The van der Waals surface area contributed by atoms with Gasteiger partial charge in [0.15, 0.2) is 10.6 Å². The molecule has 7 nitrogen and oxygen atoms in total. The van der Waals surface area contributed by atoms with Crippen LogP contribution in [0.1, 0.15) is 12.8 Å². The fraction of sp³-hybridized carbons (Fsp3) is 0.263. The molecule has 0 spiro atoms. The molecule has 0 unspecified atom stereocenters. The highest BCUT2D eigenvalue weighted by Gasteiger charge is 2.11. The molecule has 0 atom stereocenters. The Morgan fingerprint density at radius 1 is 1.21 bits per heavy atom. The van der Waals surface area contributed by atoms with Crippen molar-refractivity contribution in [2.75, 3.05) is 6.54 Å². The zero-order chi connectivity index (χ0) is 19.3. The Morgan fingerprint density at radius 2 is 2.11 bits per heavy atom. The molecule has 3 aromatic heterocycles. The van der Waals surface area contributed by atoms with Crippen molar-refractivity contribution in [3.8, 4) is 10.7 Å². The van der Waals surface area contributed by atoms with E-state index < -0.39 is 0 Å². The Kier molecular flexibility index (Phi) is 5.63. The van der Waals surface area contributed by atoms with Gasteiger partial charge in [0.25, 0.3) is 0 Å². The van der Waals surface area contributed by atoms with E-state index in [1.165, 1.54) is 0 Å². The standard InChI is InChI=1S/C19H20N6OS2/c26-17(8-11-25-18(22-23-19(25)27)16-7-3-12-28-16)20-9-4-10-24-13-21-14-5-1-2-6-15(14)24/h1-3,5-7,12-13H,4,8-11H2,(H,20,26)(H,23,27). The predicted molar refractivity (Wildman–Crippen MR) is 113 cm³/mol. The second-order valence-corrected chi connectivity index (χ2v) is 7.70. The number of thiophene rings is 1. The first-order valence-corrected chi connectivity index (χ1v) is 10.4. The molecule has 2 N–H and O–H groups in total. The number of imidazole rings is 1. The normalized spacial score (nSPS) is 11.1. The maximum atomic E-state index is 12.2. The Morgan fingerprint density at radius 3 is 2.96 bits per heavy atom. The summed E-state index contributed by atoms with van der Waals surface area (Å²) >= 11 is 6.89. The van der Waals surface area contributed by atoms with Crippen molar-refractivity contribution in [1.82, 2.24) is 29.6 Å². The summed E-state index contributed by atoms with van der Waals surface area (Å²) in [6.07, 6.45) is 3.05. The molecule has 4 rings (SSSR count). The summed E-state index contributed by atoms with van der Waals surface area (Å²) in [5.74, 6) is 0.788. The number of aryl methyl sites for hydroxylation is 1. The molecular formula is C19H20N6OS2. The lowest BCUT2D eigenvalue weighted by Crippen LogP contribution is -2.26. The number of carbonyl (C=O) groups excluding carboxylic acids is 1. The molecule has 0 aliphatic rings. The average Bonchev–Trinajstić information content (AvgIpc) is 3.44. The summed E-state index contributed by atoms with van der Waals surface area (Å²) in [4.78, 5) is 17.6. The summed E-state index contributed by atoms with van der Waals surface area (Å²) in [6, 6.07) is 12.0. The van der Waals surface area contributed by atoms with Crippen LogP contribution in [-0.4, -0.2) is 36.8 Å². The second-order valence-electron chi connectivity index (χ2n) is 6.36. The molecule has 0 fully saturated rings. The van der Waals surface area contributed by atoms with E-state index in [-0.39, 0.29) is 5.91 Å². The minimum Gasteiger partial charge on any atom is -0.356 e. The van der Waals surface area contributed by atoms with E-state index >= 15 is 0 Å². The maximum absolute atomic E-state index is 12.2. The van der Waals surface area contributed by atoms with Crippen molar-refractivity contribution in [3.63, 3.8) is 0 Å². The lowest BCUT2D eigenvalue weighted by atomic mass is 10.3. The third-order valence-electron chi connectivity index (χ3n) is 4.49. The fourth-order valence-corrected chi connectivity index (χ4v) is 4.03. The van der Waals surface area contributed by atoms with Crippen molar-refractivity contribution in [2.24, 2.45) is 0 Å². The summed E-state index contributed by atoms with van der Waals surface area (Å²) in [7, 11) is 0. The van der Waals surface area contributed by atoms with Crippen LogP contribution in [0.25, 0.3) is 21.7 Å².